The van der Waals surface area contributed by atoms with Crippen LogP contribution in [0.5, 0.6) is 0 Å². The Kier molecular flexibility index (Phi) is 6.76. The van der Waals surface area contributed by atoms with Crippen molar-refractivity contribution in [2.75, 3.05) is 12.9 Å². The van der Waals surface area contributed by atoms with Crippen molar-refractivity contribution in [1.82, 2.24) is 15.3 Å². The zero-order valence-electron chi connectivity index (χ0n) is 13.9. The molecular weight excluding hydrogens is 342 g/mol. The first-order valence-electron chi connectivity index (χ1n) is 7.62. The topological polar surface area (TPSA) is 101 Å². The van der Waals surface area contributed by atoms with Crippen LogP contribution in [0.2, 0.25) is 0 Å². The van der Waals surface area contributed by atoms with E-state index in [-0.39, 0.29) is 34.8 Å². The molecule has 2 N–H and O–H groups in total. The molecule has 1 amide bonds. The molecule has 8 heteroatoms. The third-order valence-corrected chi connectivity index (χ3v) is 4.22. The first-order valence-corrected chi connectivity index (χ1v) is 8.60. The van der Waals surface area contributed by atoms with Gasteiger partial charge in [-0.1, -0.05) is 42.1 Å². The van der Waals surface area contributed by atoms with Gasteiger partial charge in [-0.3, -0.25) is 14.4 Å². The van der Waals surface area contributed by atoms with Gasteiger partial charge in [-0.15, -0.1) is 0 Å². The second-order valence-corrected chi connectivity index (χ2v) is 6.25. The molecule has 1 heterocycles. The number of nitrogens with zero attached hydrogens (tertiary/aromatic N) is 1. The minimum atomic E-state index is -0.483. The SMILES string of the molecule is COC(=O)Cc1cc(=O)[nH]c(SCC(=O)NC(C)c2ccccc2)n1. The van der Waals surface area contributed by atoms with E-state index in [0.717, 1.165) is 17.3 Å². The lowest BCUT2D eigenvalue weighted by molar-refractivity contribution is -0.139. The maximum Gasteiger partial charge on any atom is 0.311 e. The van der Waals surface area contributed by atoms with Gasteiger partial charge in [0.2, 0.25) is 5.91 Å². The number of ether oxygens (including phenoxy) is 1. The maximum absolute atomic E-state index is 12.1. The fraction of sp³-hybridized carbons (Fsp3) is 0.294. The lowest BCUT2D eigenvalue weighted by Crippen LogP contribution is -2.28. The summed E-state index contributed by atoms with van der Waals surface area (Å²) in [5.41, 5.74) is 0.929. The zero-order chi connectivity index (χ0) is 18.2. The Labute approximate surface area is 149 Å². The highest BCUT2D eigenvalue weighted by Gasteiger charge is 2.12. The molecule has 0 fully saturated rings. The number of carbonyl (C=O) groups excluding carboxylic acids is 2. The van der Waals surface area contributed by atoms with Crippen LogP contribution in [0.4, 0.5) is 0 Å². The number of benzene rings is 1. The van der Waals surface area contributed by atoms with E-state index in [1.165, 1.54) is 13.2 Å². The van der Waals surface area contributed by atoms with Gasteiger partial charge < -0.3 is 15.0 Å². The molecule has 25 heavy (non-hydrogen) atoms. The van der Waals surface area contributed by atoms with E-state index < -0.39 is 5.97 Å². The van der Waals surface area contributed by atoms with Crippen LogP contribution >= 0.6 is 11.8 Å². The molecule has 1 atom stereocenters. The fourth-order valence-electron chi connectivity index (χ4n) is 2.10. The van der Waals surface area contributed by atoms with E-state index in [1.807, 2.05) is 37.3 Å². The lowest BCUT2D eigenvalue weighted by atomic mass is 10.1. The van der Waals surface area contributed by atoms with Crippen LogP contribution in [-0.2, 0) is 20.7 Å². The summed E-state index contributed by atoms with van der Waals surface area (Å²) in [4.78, 5) is 41.7. The number of thioether (sulfide) groups is 1. The summed E-state index contributed by atoms with van der Waals surface area (Å²) in [7, 11) is 1.27. The monoisotopic (exact) mass is 361 g/mol. The molecule has 1 aromatic heterocycles. The molecule has 0 spiro atoms. The van der Waals surface area contributed by atoms with E-state index in [1.54, 1.807) is 0 Å². The summed E-state index contributed by atoms with van der Waals surface area (Å²) in [6.07, 6.45) is -0.0920. The normalized spacial score (nSPS) is 11.6. The van der Waals surface area contributed by atoms with Crippen LogP contribution in [-0.4, -0.2) is 34.7 Å². The highest BCUT2D eigenvalue weighted by Crippen LogP contribution is 2.14. The molecule has 0 aliphatic heterocycles. The van der Waals surface area contributed by atoms with Crippen molar-refractivity contribution >= 4 is 23.6 Å². The van der Waals surface area contributed by atoms with Gasteiger partial charge in [0, 0.05) is 6.07 Å². The van der Waals surface area contributed by atoms with E-state index in [0.29, 0.717) is 5.69 Å². The largest absolute Gasteiger partial charge is 0.469 e. The molecule has 1 unspecified atom stereocenters. The summed E-state index contributed by atoms with van der Waals surface area (Å²) < 4.78 is 4.56. The summed E-state index contributed by atoms with van der Waals surface area (Å²) in [5, 5.41) is 3.17. The number of nitrogens with one attached hydrogen (secondary N) is 2. The number of amides is 1. The number of methoxy groups -OCH3 is 1. The molecule has 2 rings (SSSR count). The van der Waals surface area contributed by atoms with E-state index in [9.17, 15) is 14.4 Å². The summed E-state index contributed by atoms with van der Waals surface area (Å²) in [6.45, 7) is 1.90. The van der Waals surface area contributed by atoms with Crippen molar-refractivity contribution in [3.63, 3.8) is 0 Å². The second-order valence-electron chi connectivity index (χ2n) is 5.28. The van der Waals surface area contributed by atoms with Crippen molar-refractivity contribution in [3.05, 3.63) is 58.0 Å². The second kappa shape index (κ2) is 9.03. The van der Waals surface area contributed by atoms with Gasteiger partial charge in [-0.2, -0.15) is 0 Å². The van der Waals surface area contributed by atoms with Gasteiger partial charge in [0.05, 0.1) is 31.0 Å². The van der Waals surface area contributed by atoms with Crippen LogP contribution < -0.4 is 10.9 Å². The smallest absolute Gasteiger partial charge is 0.311 e. The molecule has 1 aromatic carbocycles. The molecule has 0 aliphatic carbocycles. The molecule has 0 saturated heterocycles. The summed E-state index contributed by atoms with van der Waals surface area (Å²) >= 11 is 1.10. The van der Waals surface area contributed by atoms with E-state index in [2.05, 4.69) is 20.0 Å². The minimum Gasteiger partial charge on any atom is -0.469 e. The Balaban J connectivity index is 1.93. The molecule has 0 bridgehead atoms. The lowest BCUT2D eigenvalue weighted by Gasteiger charge is -2.14. The number of hydrogen-bond acceptors (Lipinski definition) is 6. The molecule has 0 aliphatic rings. The summed E-state index contributed by atoms with van der Waals surface area (Å²) in [5.74, 6) is -0.562. The average molecular weight is 361 g/mol. The predicted molar refractivity (Wildman–Crippen MR) is 94.3 cm³/mol. The highest BCUT2D eigenvalue weighted by molar-refractivity contribution is 7.99. The Morgan fingerprint density at radius 3 is 2.72 bits per heavy atom. The van der Waals surface area contributed by atoms with Crippen LogP contribution in [0.1, 0.15) is 24.2 Å². The number of esters is 1. The van der Waals surface area contributed by atoms with Crippen molar-refractivity contribution in [3.8, 4) is 0 Å². The average Bonchev–Trinajstić information content (AvgIpc) is 2.60. The predicted octanol–water partition coefficient (Wildman–Crippen LogP) is 1.45. The number of carbonyl (C=O) groups is 2. The van der Waals surface area contributed by atoms with Gasteiger partial charge in [-0.25, -0.2) is 4.98 Å². The van der Waals surface area contributed by atoms with Gasteiger partial charge in [0.25, 0.3) is 5.56 Å². The summed E-state index contributed by atoms with van der Waals surface area (Å²) in [6, 6.07) is 10.7. The number of aromatic amines is 1. The third kappa shape index (κ3) is 6.07. The Morgan fingerprint density at radius 2 is 2.04 bits per heavy atom. The fourth-order valence-corrected chi connectivity index (χ4v) is 2.81. The Hall–Kier alpha value is -2.61. The third-order valence-electron chi connectivity index (χ3n) is 3.34. The first-order chi connectivity index (χ1) is 12.0. The zero-order valence-corrected chi connectivity index (χ0v) is 14.8. The first kappa shape index (κ1) is 18.7. The van der Waals surface area contributed by atoms with Crippen molar-refractivity contribution in [2.45, 2.75) is 24.5 Å². The van der Waals surface area contributed by atoms with E-state index >= 15 is 0 Å². The molecule has 0 radical (unpaired) electrons. The standard InChI is InChI=1S/C17H19N3O4S/c1-11(12-6-4-3-5-7-12)18-15(22)10-25-17-19-13(8-14(21)20-17)9-16(23)24-2/h3-8,11H,9-10H2,1-2H3,(H,18,22)(H,19,20,21). The van der Waals surface area contributed by atoms with Crippen molar-refractivity contribution in [1.29, 1.82) is 0 Å². The van der Waals surface area contributed by atoms with Crippen LogP contribution in [0.3, 0.4) is 0 Å². The van der Waals surface area contributed by atoms with E-state index in [4.69, 9.17) is 0 Å². The molecule has 0 saturated carbocycles. The number of aromatic nitrogens is 2. The molecule has 132 valence electrons. The number of hydrogen-bond donors (Lipinski definition) is 2. The molecule has 7 nitrogen and oxygen atoms in total. The molecule has 2 aromatic rings. The highest BCUT2D eigenvalue weighted by atomic mass is 32.2. The minimum absolute atomic E-state index is 0.0920. The number of rotatable bonds is 7. The van der Waals surface area contributed by atoms with Crippen molar-refractivity contribution < 1.29 is 14.3 Å². The molecular formula is C17H19N3O4S. The van der Waals surface area contributed by atoms with Crippen LogP contribution in [0, 0.1) is 0 Å². The Bertz CT molecular complexity index is 792. The van der Waals surface area contributed by atoms with Gasteiger partial charge in [0.1, 0.15) is 0 Å². The number of H-pyrrole nitrogens is 1. The maximum atomic E-state index is 12.1. The van der Waals surface area contributed by atoms with Gasteiger partial charge in [0.15, 0.2) is 5.16 Å². The quantitative estimate of drug-likeness (QED) is 0.440. The van der Waals surface area contributed by atoms with Gasteiger partial charge in [-0.05, 0) is 12.5 Å². The van der Waals surface area contributed by atoms with Crippen molar-refractivity contribution in [2.24, 2.45) is 0 Å². The Morgan fingerprint density at radius 1 is 1.32 bits per heavy atom. The van der Waals surface area contributed by atoms with Crippen LogP contribution in [0.15, 0.2) is 46.3 Å². The van der Waals surface area contributed by atoms with Gasteiger partial charge >= 0.3 is 5.97 Å². The van der Waals surface area contributed by atoms with Crippen LogP contribution in [0.25, 0.3) is 0 Å².